The van der Waals surface area contributed by atoms with Gasteiger partial charge in [0.05, 0.1) is 5.39 Å². The molecule has 0 unspecified atom stereocenters. The van der Waals surface area contributed by atoms with Gasteiger partial charge in [-0.2, -0.15) is 0 Å². The lowest BCUT2D eigenvalue weighted by molar-refractivity contribution is 0.441. The summed E-state index contributed by atoms with van der Waals surface area (Å²) in [7, 11) is 0. The summed E-state index contributed by atoms with van der Waals surface area (Å²) in [6.45, 7) is 0. The van der Waals surface area contributed by atoms with Crippen molar-refractivity contribution in [2.75, 3.05) is 5.73 Å². The average molecular weight is 228 g/mol. The molecule has 0 radical (unpaired) electrons. The second kappa shape index (κ2) is 3.59. The van der Waals surface area contributed by atoms with Crippen LogP contribution < -0.4 is 5.73 Å². The van der Waals surface area contributed by atoms with Gasteiger partial charge in [0.2, 0.25) is 0 Å². The first-order valence-electron chi connectivity index (χ1n) is 5.15. The molecule has 0 amide bonds. The van der Waals surface area contributed by atoms with Crippen LogP contribution in [0, 0.1) is 5.82 Å². The van der Waals surface area contributed by atoms with Crippen LogP contribution >= 0.6 is 0 Å². The van der Waals surface area contributed by atoms with Crippen molar-refractivity contribution in [2.24, 2.45) is 0 Å². The molecule has 1 heterocycles. The molecular weight excluding hydrogens is 219 g/mol. The summed E-state index contributed by atoms with van der Waals surface area (Å²) in [5, 5.41) is 4.76. The number of aromatic nitrogens is 1. The normalized spacial score (nSPS) is 10.9. The van der Waals surface area contributed by atoms with E-state index in [-0.39, 0.29) is 5.82 Å². The van der Waals surface area contributed by atoms with Gasteiger partial charge in [-0.15, -0.1) is 0 Å². The Balaban J connectivity index is 2.23. The summed E-state index contributed by atoms with van der Waals surface area (Å²) in [6.07, 6.45) is 0. The van der Waals surface area contributed by atoms with Gasteiger partial charge in [-0.3, -0.25) is 0 Å². The molecule has 0 fully saturated rings. The van der Waals surface area contributed by atoms with E-state index in [0.29, 0.717) is 11.4 Å². The van der Waals surface area contributed by atoms with Crippen LogP contribution in [0.15, 0.2) is 47.0 Å². The average Bonchev–Trinajstić information content (AvgIpc) is 2.73. The third kappa shape index (κ3) is 1.63. The number of hydrogen-bond acceptors (Lipinski definition) is 3. The molecular formula is C13H9FN2O. The lowest BCUT2D eigenvalue weighted by atomic mass is 10.1. The first kappa shape index (κ1) is 9.84. The molecule has 0 saturated heterocycles. The predicted molar refractivity (Wildman–Crippen MR) is 63.8 cm³/mol. The third-order valence-electron chi connectivity index (χ3n) is 2.61. The number of nitrogens with zero attached hydrogens (tertiary/aromatic N) is 1. The number of benzene rings is 2. The molecule has 0 saturated carbocycles. The molecule has 2 aromatic carbocycles. The summed E-state index contributed by atoms with van der Waals surface area (Å²) >= 11 is 0. The van der Waals surface area contributed by atoms with Crippen molar-refractivity contribution < 1.29 is 8.91 Å². The van der Waals surface area contributed by atoms with E-state index in [1.807, 2.05) is 0 Å². The zero-order valence-corrected chi connectivity index (χ0v) is 8.85. The Morgan fingerprint density at radius 2 is 1.82 bits per heavy atom. The Kier molecular flexibility index (Phi) is 2.08. The maximum absolute atomic E-state index is 12.8. The Labute approximate surface area is 96.6 Å². The number of nitrogens with two attached hydrogens (primary N) is 1. The predicted octanol–water partition coefficient (Wildman–Crippen LogP) is 3.22. The molecule has 17 heavy (non-hydrogen) atoms. The lowest BCUT2D eigenvalue weighted by Gasteiger charge is -1.97. The van der Waals surface area contributed by atoms with Crippen LogP contribution in [-0.4, -0.2) is 5.16 Å². The van der Waals surface area contributed by atoms with Crippen molar-refractivity contribution >= 4 is 16.6 Å². The zero-order valence-electron chi connectivity index (χ0n) is 8.85. The fourth-order valence-corrected chi connectivity index (χ4v) is 1.77. The van der Waals surface area contributed by atoms with Crippen LogP contribution in [0.2, 0.25) is 0 Å². The molecule has 3 aromatic rings. The van der Waals surface area contributed by atoms with Crippen LogP contribution in [0.3, 0.4) is 0 Å². The molecule has 84 valence electrons. The van der Waals surface area contributed by atoms with Crippen LogP contribution in [0.1, 0.15) is 0 Å². The van der Waals surface area contributed by atoms with Gasteiger partial charge in [-0.05, 0) is 42.5 Å². The third-order valence-corrected chi connectivity index (χ3v) is 2.61. The van der Waals surface area contributed by atoms with Crippen LogP contribution in [0.25, 0.3) is 22.2 Å². The summed E-state index contributed by atoms with van der Waals surface area (Å²) in [6, 6.07) is 11.4. The van der Waals surface area contributed by atoms with E-state index in [1.54, 1.807) is 30.3 Å². The number of nitrogen functional groups attached to an aromatic ring is 1. The number of hydrogen-bond donors (Lipinski definition) is 1. The first-order valence-corrected chi connectivity index (χ1v) is 5.15. The Morgan fingerprint density at radius 1 is 1.06 bits per heavy atom. The SMILES string of the molecule is Nc1ccc2noc(-c3ccc(F)cc3)c2c1. The van der Waals surface area contributed by atoms with Gasteiger partial charge in [-0.25, -0.2) is 4.39 Å². The minimum absolute atomic E-state index is 0.280. The highest BCUT2D eigenvalue weighted by Crippen LogP contribution is 2.29. The lowest BCUT2D eigenvalue weighted by Crippen LogP contribution is -1.83. The van der Waals surface area contributed by atoms with Gasteiger partial charge in [0.15, 0.2) is 5.76 Å². The van der Waals surface area contributed by atoms with Crippen molar-refractivity contribution in [3.05, 3.63) is 48.3 Å². The van der Waals surface area contributed by atoms with E-state index in [4.69, 9.17) is 10.3 Å². The maximum Gasteiger partial charge on any atom is 0.174 e. The summed E-state index contributed by atoms with van der Waals surface area (Å²) < 4.78 is 18.1. The molecule has 3 rings (SSSR count). The Hall–Kier alpha value is -2.36. The van der Waals surface area contributed by atoms with Crippen LogP contribution in [0.5, 0.6) is 0 Å². The highest BCUT2D eigenvalue weighted by Gasteiger charge is 2.10. The van der Waals surface area contributed by atoms with Crippen LogP contribution in [-0.2, 0) is 0 Å². The molecule has 0 aliphatic carbocycles. The maximum atomic E-state index is 12.8. The molecule has 0 atom stereocenters. The first-order chi connectivity index (χ1) is 8.24. The number of anilines is 1. The van der Waals surface area contributed by atoms with Crippen molar-refractivity contribution in [3.8, 4) is 11.3 Å². The Morgan fingerprint density at radius 3 is 2.59 bits per heavy atom. The largest absolute Gasteiger partial charge is 0.399 e. The molecule has 0 bridgehead atoms. The van der Waals surface area contributed by atoms with Crippen molar-refractivity contribution in [1.29, 1.82) is 0 Å². The van der Waals surface area contributed by atoms with Gasteiger partial charge in [0, 0.05) is 11.3 Å². The van der Waals surface area contributed by atoms with Crippen molar-refractivity contribution in [2.45, 2.75) is 0 Å². The van der Waals surface area contributed by atoms with Crippen molar-refractivity contribution in [3.63, 3.8) is 0 Å². The summed E-state index contributed by atoms with van der Waals surface area (Å²) in [4.78, 5) is 0. The van der Waals surface area contributed by atoms with Gasteiger partial charge >= 0.3 is 0 Å². The minimum atomic E-state index is -0.280. The molecule has 1 aromatic heterocycles. The zero-order chi connectivity index (χ0) is 11.8. The summed E-state index contributed by atoms with van der Waals surface area (Å²) in [5.74, 6) is 0.324. The van der Waals surface area contributed by atoms with E-state index >= 15 is 0 Å². The van der Waals surface area contributed by atoms with E-state index in [1.165, 1.54) is 12.1 Å². The molecule has 0 aliphatic heterocycles. The van der Waals surface area contributed by atoms with Gasteiger partial charge in [0.1, 0.15) is 11.3 Å². The fraction of sp³-hybridized carbons (Fsp3) is 0. The molecule has 0 aliphatic rings. The topological polar surface area (TPSA) is 52.0 Å². The quantitative estimate of drug-likeness (QED) is 0.650. The van der Waals surface area contributed by atoms with E-state index < -0.39 is 0 Å². The van der Waals surface area contributed by atoms with Gasteiger partial charge in [0.25, 0.3) is 0 Å². The molecule has 2 N–H and O–H groups in total. The van der Waals surface area contributed by atoms with Crippen molar-refractivity contribution in [1.82, 2.24) is 5.16 Å². The fourth-order valence-electron chi connectivity index (χ4n) is 1.77. The van der Waals surface area contributed by atoms with E-state index in [2.05, 4.69) is 5.16 Å². The smallest absolute Gasteiger partial charge is 0.174 e. The second-order valence-corrected chi connectivity index (χ2v) is 3.80. The Bertz CT molecular complexity index is 673. The number of fused-ring (bicyclic) bond motifs is 1. The van der Waals surface area contributed by atoms with E-state index in [0.717, 1.165) is 16.5 Å². The summed E-state index contributed by atoms with van der Waals surface area (Å²) in [5.41, 5.74) is 7.88. The number of halogens is 1. The number of rotatable bonds is 1. The highest BCUT2D eigenvalue weighted by molar-refractivity contribution is 5.93. The monoisotopic (exact) mass is 228 g/mol. The highest BCUT2D eigenvalue weighted by atomic mass is 19.1. The van der Waals surface area contributed by atoms with Crippen LogP contribution in [0.4, 0.5) is 10.1 Å². The van der Waals surface area contributed by atoms with E-state index in [9.17, 15) is 4.39 Å². The molecule has 4 heteroatoms. The minimum Gasteiger partial charge on any atom is -0.399 e. The molecule has 3 nitrogen and oxygen atoms in total. The van der Waals surface area contributed by atoms with Gasteiger partial charge in [-0.1, -0.05) is 5.16 Å². The standard InChI is InChI=1S/C13H9FN2O/c14-9-3-1-8(2-4-9)13-11-7-10(15)5-6-12(11)16-17-13/h1-7H,15H2. The molecule has 0 spiro atoms. The van der Waals surface area contributed by atoms with Gasteiger partial charge < -0.3 is 10.3 Å². The second-order valence-electron chi connectivity index (χ2n) is 3.80.